The van der Waals surface area contributed by atoms with Crippen molar-refractivity contribution in [3.63, 3.8) is 0 Å². The first-order valence-electron chi connectivity index (χ1n) is 11.4. The standard InChI is InChI=1S/C22H35BrN2O6/c1-4-30-20(26)18-10-17(23)13-24(18)11-14-6-7-15-12-25(22(28)29-3)19(9-16(15)8-14)21(27)31-5-2/h14-19H,4-13H2,1-3H3/t14?,15?,16?,17-,18-,19?/m0/s1. The molecule has 4 unspecified atom stereocenters. The van der Waals surface area contributed by atoms with Crippen LogP contribution in [0.2, 0.25) is 0 Å². The Morgan fingerprint density at radius 2 is 1.58 bits per heavy atom. The Hall–Kier alpha value is -1.35. The number of fused-ring (bicyclic) bond motifs is 1. The molecular weight excluding hydrogens is 468 g/mol. The van der Waals surface area contributed by atoms with Gasteiger partial charge in [-0.25, -0.2) is 9.59 Å². The SMILES string of the molecule is CCOC(=O)C1CC2CC(CN3C[C@@H](Br)C[C@H]3C(=O)OCC)CCC2CN1C(=O)OC. The number of methoxy groups -OCH3 is 1. The highest BCUT2D eigenvalue weighted by atomic mass is 79.9. The molecule has 3 fully saturated rings. The van der Waals surface area contributed by atoms with Crippen molar-refractivity contribution < 1.29 is 28.6 Å². The van der Waals surface area contributed by atoms with Gasteiger partial charge in [-0.15, -0.1) is 0 Å². The number of carbonyl (C=O) groups excluding carboxylic acids is 3. The van der Waals surface area contributed by atoms with E-state index in [4.69, 9.17) is 14.2 Å². The lowest BCUT2D eigenvalue weighted by Gasteiger charge is -2.46. The van der Waals surface area contributed by atoms with E-state index in [1.54, 1.807) is 11.8 Å². The minimum Gasteiger partial charge on any atom is -0.465 e. The summed E-state index contributed by atoms with van der Waals surface area (Å²) in [6, 6.07) is -0.770. The van der Waals surface area contributed by atoms with E-state index in [-0.39, 0.29) is 18.0 Å². The van der Waals surface area contributed by atoms with Gasteiger partial charge in [-0.2, -0.15) is 0 Å². The van der Waals surface area contributed by atoms with E-state index >= 15 is 0 Å². The number of esters is 2. The van der Waals surface area contributed by atoms with Gasteiger partial charge in [0.1, 0.15) is 12.1 Å². The van der Waals surface area contributed by atoms with Gasteiger partial charge in [-0.05, 0) is 63.7 Å². The molecule has 0 spiro atoms. The van der Waals surface area contributed by atoms with Gasteiger partial charge in [0.2, 0.25) is 0 Å². The van der Waals surface area contributed by atoms with Crippen molar-refractivity contribution in [2.45, 2.75) is 62.9 Å². The van der Waals surface area contributed by atoms with Gasteiger partial charge in [0.05, 0.1) is 20.3 Å². The molecule has 0 N–H and O–H groups in total. The molecular formula is C22H35BrN2O6. The van der Waals surface area contributed by atoms with Crippen molar-refractivity contribution in [3.05, 3.63) is 0 Å². The zero-order chi connectivity index (χ0) is 22.5. The van der Waals surface area contributed by atoms with Gasteiger partial charge >= 0.3 is 18.0 Å². The summed E-state index contributed by atoms with van der Waals surface area (Å²) in [4.78, 5) is 41.3. The number of amides is 1. The molecule has 0 radical (unpaired) electrons. The molecule has 2 aliphatic heterocycles. The molecule has 2 saturated heterocycles. The van der Waals surface area contributed by atoms with Crippen LogP contribution < -0.4 is 0 Å². The van der Waals surface area contributed by atoms with E-state index in [9.17, 15) is 14.4 Å². The summed E-state index contributed by atoms with van der Waals surface area (Å²) in [5, 5.41) is 0. The third-order valence-corrected chi connectivity index (χ3v) is 7.62. The number of hydrogen-bond donors (Lipinski definition) is 0. The topological polar surface area (TPSA) is 85.4 Å². The zero-order valence-electron chi connectivity index (χ0n) is 18.8. The van der Waals surface area contributed by atoms with Crippen LogP contribution in [-0.4, -0.2) is 84.7 Å². The van der Waals surface area contributed by atoms with Crippen molar-refractivity contribution >= 4 is 34.0 Å². The Labute approximate surface area is 193 Å². The Morgan fingerprint density at radius 3 is 2.23 bits per heavy atom. The third kappa shape index (κ3) is 5.72. The Bertz CT molecular complexity index is 662. The summed E-state index contributed by atoms with van der Waals surface area (Å²) in [6.07, 6.45) is 3.98. The molecule has 1 amide bonds. The number of piperidine rings is 1. The lowest BCUT2D eigenvalue weighted by atomic mass is 9.69. The minimum atomic E-state index is -0.585. The Balaban J connectivity index is 1.64. The number of ether oxygens (including phenoxy) is 3. The number of rotatable bonds is 6. The average molecular weight is 503 g/mol. The lowest BCUT2D eigenvalue weighted by molar-refractivity contribution is -0.153. The number of halogens is 1. The van der Waals surface area contributed by atoms with Crippen LogP contribution in [0.4, 0.5) is 4.79 Å². The van der Waals surface area contributed by atoms with Crippen LogP contribution in [-0.2, 0) is 23.8 Å². The predicted octanol–water partition coefficient (Wildman–Crippen LogP) is 2.82. The molecule has 6 atom stereocenters. The van der Waals surface area contributed by atoms with Gasteiger partial charge in [0.25, 0.3) is 0 Å². The summed E-state index contributed by atoms with van der Waals surface area (Å²) in [6.45, 7) is 6.54. The highest BCUT2D eigenvalue weighted by Gasteiger charge is 2.46. The van der Waals surface area contributed by atoms with Gasteiger partial charge < -0.3 is 14.2 Å². The molecule has 31 heavy (non-hydrogen) atoms. The summed E-state index contributed by atoms with van der Waals surface area (Å²) in [5.41, 5.74) is 0. The Kier molecular flexibility index (Phi) is 8.61. The molecule has 176 valence electrons. The number of likely N-dealkylation sites (tertiary alicyclic amines) is 2. The van der Waals surface area contributed by atoms with Crippen LogP contribution in [0.3, 0.4) is 0 Å². The first kappa shape index (κ1) is 24.3. The average Bonchev–Trinajstić information content (AvgIpc) is 3.12. The van der Waals surface area contributed by atoms with Crippen LogP contribution in [0.5, 0.6) is 0 Å². The molecule has 3 rings (SSSR count). The maximum atomic E-state index is 12.5. The number of alkyl halides is 1. The number of hydrogen-bond acceptors (Lipinski definition) is 7. The lowest BCUT2D eigenvalue weighted by Crippen LogP contribution is -2.55. The third-order valence-electron chi connectivity index (χ3n) is 6.95. The summed E-state index contributed by atoms with van der Waals surface area (Å²) in [7, 11) is 1.35. The quantitative estimate of drug-likeness (QED) is 0.313. The van der Waals surface area contributed by atoms with E-state index in [1.807, 2.05) is 6.92 Å². The van der Waals surface area contributed by atoms with Gasteiger partial charge in [0.15, 0.2) is 0 Å². The smallest absolute Gasteiger partial charge is 0.410 e. The molecule has 0 aromatic carbocycles. The summed E-state index contributed by atoms with van der Waals surface area (Å²) < 4.78 is 15.5. The molecule has 2 heterocycles. The van der Waals surface area contributed by atoms with Crippen LogP contribution >= 0.6 is 15.9 Å². The molecule has 9 heteroatoms. The molecule has 8 nitrogen and oxygen atoms in total. The van der Waals surface area contributed by atoms with Gasteiger partial charge in [-0.3, -0.25) is 14.6 Å². The van der Waals surface area contributed by atoms with Crippen molar-refractivity contribution in [2.24, 2.45) is 17.8 Å². The van der Waals surface area contributed by atoms with E-state index in [2.05, 4.69) is 20.8 Å². The van der Waals surface area contributed by atoms with Crippen molar-refractivity contribution in [3.8, 4) is 0 Å². The highest BCUT2D eigenvalue weighted by molar-refractivity contribution is 9.09. The monoisotopic (exact) mass is 502 g/mol. The molecule has 3 aliphatic rings. The number of nitrogens with zero attached hydrogens (tertiary/aromatic N) is 2. The fraction of sp³-hybridized carbons (Fsp3) is 0.864. The molecule has 0 aromatic heterocycles. The zero-order valence-corrected chi connectivity index (χ0v) is 20.3. The highest BCUT2D eigenvalue weighted by Crippen LogP contribution is 2.42. The Morgan fingerprint density at radius 1 is 0.903 bits per heavy atom. The maximum Gasteiger partial charge on any atom is 0.410 e. The van der Waals surface area contributed by atoms with Gasteiger partial charge in [-0.1, -0.05) is 15.9 Å². The van der Waals surface area contributed by atoms with Crippen LogP contribution in [0.15, 0.2) is 0 Å². The summed E-state index contributed by atoms with van der Waals surface area (Å²) in [5.74, 6) is 0.703. The maximum absolute atomic E-state index is 12.5. The van der Waals surface area contributed by atoms with Crippen LogP contribution in [0.25, 0.3) is 0 Å². The first-order chi connectivity index (χ1) is 14.9. The second-order valence-electron chi connectivity index (χ2n) is 8.88. The first-order valence-corrected chi connectivity index (χ1v) is 12.3. The number of carbonyl (C=O) groups is 3. The van der Waals surface area contributed by atoms with Crippen molar-refractivity contribution in [1.29, 1.82) is 0 Å². The van der Waals surface area contributed by atoms with Gasteiger partial charge in [0, 0.05) is 24.5 Å². The van der Waals surface area contributed by atoms with Crippen LogP contribution in [0, 0.1) is 17.8 Å². The van der Waals surface area contributed by atoms with E-state index in [0.717, 1.165) is 38.8 Å². The second-order valence-corrected chi connectivity index (χ2v) is 10.2. The molecule has 0 aromatic rings. The predicted molar refractivity (Wildman–Crippen MR) is 118 cm³/mol. The minimum absolute atomic E-state index is 0.133. The largest absolute Gasteiger partial charge is 0.465 e. The van der Waals surface area contributed by atoms with E-state index in [1.165, 1.54) is 7.11 Å². The van der Waals surface area contributed by atoms with E-state index < -0.39 is 12.1 Å². The van der Waals surface area contributed by atoms with Crippen molar-refractivity contribution in [2.75, 3.05) is 40.0 Å². The molecule has 1 aliphatic carbocycles. The fourth-order valence-corrected chi connectivity index (χ4v) is 6.28. The molecule has 0 bridgehead atoms. The summed E-state index contributed by atoms with van der Waals surface area (Å²) >= 11 is 3.67. The fourth-order valence-electron chi connectivity index (χ4n) is 5.56. The van der Waals surface area contributed by atoms with E-state index in [0.29, 0.717) is 48.8 Å². The van der Waals surface area contributed by atoms with Crippen molar-refractivity contribution in [1.82, 2.24) is 9.80 Å². The normalized spacial score (nSPS) is 33.5. The molecule has 1 saturated carbocycles. The second kappa shape index (κ2) is 11.0. The van der Waals surface area contributed by atoms with Crippen LogP contribution in [0.1, 0.15) is 46.0 Å².